The van der Waals surface area contributed by atoms with Crippen LogP contribution in [-0.4, -0.2) is 22.0 Å². The topological polar surface area (TPSA) is 50.7 Å². The van der Waals surface area contributed by atoms with Crippen LogP contribution in [0.5, 0.6) is 0 Å². The van der Waals surface area contributed by atoms with Crippen LogP contribution in [0.1, 0.15) is 23.0 Å². The molecule has 0 spiro atoms. The maximum Gasteiger partial charge on any atom is 0.149 e. The van der Waals surface area contributed by atoms with Gasteiger partial charge in [0, 0.05) is 24.2 Å². The molecule has 0 aliphatic carbocycles. The molecule has 0 fully saturated rings. The number of aromatic nitrogens is 3. The minimum Gasteiger partial charge on any atom is -0.307 e. The highest BCUT2D eigenvalue weighted by atomic mass is 19.1. The number of pyridine rings is 1. The van der Waals surface area contributed by atoms with E-state index in [1.165, 1.54) is 6.20 Å². The fourth-order valence-corrected chi connectivity index (χ4v) is 1.60. The van der Waals surface area contributed by atoms with Crippen LogP contribution in [0.15, 0.2) is 30.9 Å². The summed E-state index contributed by atoms with van der Waals surface area (Å²) in [6, 6.07) is 1.26. The Morgan fingerprint density at radius 3 is 2.53 bits per heavy atom. The second-order valence-electron chi connectivity index (χ2n) is 3.74. The molecule has 2 aromatic rings. The third kappa shape index (κ3) is 2.45. The van der Waals surface area contributed by atoms with E-state index in [1.807, 2.05) is 6.92 Å². The van der Waals surface area contributed by atoms with E-state index in [1.54, 1.807) is 31.7 Å². The average molecular weight is 232 g/mol. The summed E-state index contributed by atoms with van der Waals surface area (Å²) in [4.78, 5) is 12.1. The van der Waals surface area contributed by atoms with Gasteiger partial charge in [-0.3, -0.25) is 4.98 Å². The molecule has 1 unspecified atom stereocenters. The van der Waals surface area contributed by atoms with E-state index in [9.17, 15) is 4.39 Å². The number of nitrogens with one attached hydrogen (secondary N) is 1. The molecule has 4 nitrogen and oxygen atoms in total. The second kappa shape index (κ2) is 4.97. The van der Waals surface area contributed by atoms with Gasteiger partial charge in [0.15, 0.2) is 0 Å². The van der Waals surface area contributed by atoms with Crippen molar-refractivity contribution in [3.8, 4) is 0 Å². The van der Waals surface area contributed by atoms with Crippen LogP contribution < -0.4 is 5.32 Å². The average Bonchev–Trinajstić information content (AvgIpc) is 2.35. The minimum atomic E-state index is -0.365. The van der Waals surface area contributed by atoms with Crippen LogP contribution >= 0.6 is 0 Å². The van der Waals surface area contributed by atoms with Gasteiger partial charge in [-0.1, -0.05) is 0 Å². The molecule has 17 heavy (non-hydrogen) atoms. The number of nitrogens with zero attached hydrogens (tertiary/aromatic N) is 3. The standard InChI is InChI=1S/C12H13FN4/c1-8-5-16-12(17-6-8)11(14-2)9-3-4-15-7-10(9)13/h3-7,11,14H,1-2H3. The van der Waals surface area contributed by atoms with Crippen molar-refractivity contribution in [2.24, 2.45) is 0 Å². The van der Waals surface area contributed by atoms with Gasteiger partial charge in [-0.25, -0.2) is 14.4 Å². The summed E-state index contributed by atoms with van der Waals surface area (Å²) in [6.07, 6.45) is 6.17. The molecule has 1 N–H and O–H groups in total. The lowest BCUT2D eigenvalue weighted by atomic mass is 10.1. The zero-order valence-corrected chi connectivity index (χ0v) is 9.68. The van der Waals surface area contributed by atoms with Crippen LogP contribution in [0, 0.1) is 12.7 Å². The maximum atomic E-state index is 13.6. The molecule has 1 atom stereocenters. The normalized spacial score (nSPS) is 12.4. The van der Waals surface area contributed by atoms with Gasteiger partial charge in [-0.15, -0.1) is 0 Å². The summed E-state index contributed by atoms with van der Waals surface area (Å²) in [5.41, 5.74) is 1.46. The van der Waals surface area contributed by atoms with Crippen LogP contribution in [0.4, 0.5) is 4.39 Å². The molecule has 0 aliphatic heterocycles. The summed E-state index contributed by atoms with van der Waals surface area (Å²) in [5.74, 6) is 0.180. The Labute approximate surface area is 99.0 Å². The first-order valence-electron chi connectivity index (χ1n) is 5.27. The highest BCUT2D eigenvalue weighted by Crippen LogP contribution is 2.20. The van der Waals surface area contributed by atoms with E-state index in [4.69, 9.17) is 0 Å². The lowest BCUT2D eigenvalue weighted by Gasteiger charge is -2.15. The quantitative estimate of drug-likeness (QED) is 0.873. The Morgan fingerprint density at radius 1 is 1.24 bits per heavy atom. The molecule has 2 heterocycles. The largest absolute Gasteiger partial charge is 0.307 e. The van der Waals surface area contributed by atoms with E-state index in [0.29, 0.717) is 11.4 Å². The van der Waals surface area contributed by atoms with Gasteiger partial charge in [0.1, 0.15) is 11.6 Å². The van der Waals surface area contributed by atoms with Gasteiger partial charge < -0.3 is 5.32 Å². The molecule has 2 aromatic heterocycles. The highest BCUT2D eigenvalue weighted by Gasteiger charge is 2.18. The first-order valence-corrected chi connectivity index (χ1v) is 5.27. The molecular weight excluding hydrogens is 219 g/mol. The summed E-state index contributed by atoms with van der Waals surface area (Å²) < 4.78 is 13.6. The Morgan fingerprint density at radius 2 is 1.94 bits per heavy atom. The van der Waals surface area contributed by atoms with Gasteiger partial charge >= 0.3 is 0 Å². The lowest BCUT2D eigenvalue weighted by molar-refractivity contribution is 0.557. The smallest absolute Gasteiger partial charge is 0.149 e. The zero-order valence-electron chi connectivity index (χ0n) is 9.68. The zero-order chi connectivity index (χ0) is 12.3. The summed E-state index contributed by atoms with van der Waals surface area (Å²) in [7, 11) is 1.74. The van der Waals surface area contributed by atoms with Crippen LogP contribution in [0.25, 0.3) is 0 Å². The predicted octanol–water partition coefficient (Wildman–Crippen LogP) is 1.63. The molecule has 88 valence electrons. The lowest BCUT2D eigenvalue weighted by Crippen LogP contribution is -2.21. The van der Waals surface area contributed by atoms with Crippen molar-refractivity contribution in [2.75, 3.05) is 7.05 Å². The van der Waals surface area contributed by atoms with Crippen LogP contribution in [0.3, 0.4) is 0 Å². The van der Waals surface area contributed by atoms with Gasteiger partial charge in [0.2, 0.25) is 0 Å². The van der Waals surface area contributed by atoms with Crippen molar-refractivity contribution in [3.63, 3.8) is 0 Å². The summed E-state index contributed by atoms with van der Waals surface area (Å²) in [5, 5.41) is 3.00. The third-order valence-corrected chi connectivity index (χ3v) is 2.46. The van der Waals surface area contributed by atoms with Crippen molar-refractivity contribution in [1.29, 1.82) is 0 Å². The van der Waals surface area contributed by atoms with E-state index in [-0.39, 0.29) is 11.9 Å². The van der Waals surface area contributed by atoms with Crippen molar-refractivity contribution in [2.45, 2.75) is 13.0 Å². The minimum absolute atomic E-state index is 0.362. The molecule has 5 heteroatoms. The molecule has 0 radical (unpaired) electrons. The van der Waals surface area contributed by atoms with Gasteiger partial charge in [-0.2, -0.15) is 0 Å². The molecule has 2 rings (SSSR count). The van der Waals surface area contributed by atoms with E-state index < -0.39 is 0 Å². The molecule has 0 aliphatic rings. The Hall–Kier alpha value is -1.88. The highest BCUT2D eigenvalue weighted by molar-refractivity contribution is 5.24. The molecular formula is C12H13FN4. The van der Waals surface area contributed by atoms with E-state index >= 15 is 0 Å². The fraction of sp³-hybridized carbons (Fsp3) is 0.250. The third-order valence-electron chi connectivity index (χ3n) is 2.46. The number of halogens is 1. The Bertz CT molecular complexity index is 498. The van der Waals surface area contributed by atoms with Crippen LogP contribution in [0.2, 0.25) is 0 Å². The molecule has 0 saturated carbocycles. The van der Waals surface area contributed by atoms with Crippen molar-refractivity contribution < 1.29 is 4.39 Å². The SMILES string of the molecule is CNC(c1ncc(C)cn1)c1ccncc1F. The van der Waals surface area contributed by atoms with Crippen LogP contribution in [-0.2, 0) is 0 Å². The van der Waals surface area contributed by atoms with Crippen molar-refractivity contribution >= 4 is 0 Å². The summed E-state index contributed by atoms with van der Waals surface area (Å²) >= 11 is 0. The number of hydrogen-bond donors (Lipinski definition) is 1. The van der Waals surface area contributed by atoms with Gasteiger partial charge in [0.25, 0.3) is 0 Å². The van der Waals surface area contributed by atoms with Gasteiger partial charge in [-0.05, 0) is 25.6 Å². The monoisotopic (exact) mass is 232 g/mol. The molecule has 0 bridgehead atoms. The van der Waals surface area contributed by atoms with E-state index in [0.717, 1.165) is 5.56 Å². The number of aryl methyl sites for hydroxylation is 1. The Balaban J connectivity index is 2.40. The van der Waals surface area contributed by atoms with Gasteiger partial charge in [0.05, 0.1) is 12.2 Å². The first-order chi connectivity index (χ1) is 8.22. The molecule has 0 amide bonds. The molecule has 0 aromatic carbocycles. The summed E-state index contributed by atoms with van der Waals surface area (Å²) in [6.45, 7) is 1.91. The number of rotatable bonds is 3. The maximum absolute atomic E-state index is 13.6. The first kappa shape index (κ1) is 11.6. The van der Waals surface area contributed by atoms with Crippen molar-refractivity contribution in [3.05, 3.63) is 53.6 Å². The number of hydrogen-bond acceptors (Lipinski definition) is 4. The van der Waals surface area contributed by atoms with Crippen molar-refractivity contribution in [1.82, 2.24) is 20.3 Å². The second-order valence-corrected chi connectivity index (χ2v) is 3.74. The fourth-order valence-electron chi connectivity index (χ4n) is 1.60. The predicted molar refractivity (Wildman–Crippen MR) is 61.9 cm³/mol. The Kier molecular flexibility index (Phi) is 3.39. The van der Waals surface area contributed by atoms with E-state index in [2.05, 4.69) is 20.3 Å². The molecule has 0 saturated heterocycles.